The lowest BCUT2D eigenvalue weighted by Crippen LogP contribution is -2.32. The maximum absolute atomic E-state index is 12.2. The fourth-order valence-corrected chi connectivity index (χ4v) is 2.54. The third-order valence-corrected chi connectivity index (χ3v) is 3.58. The molecule has 2 aromatic heterocycles. The van der Waals surface area contributed by atoms with Crippen molar-refractivity contribution in [1.82, 2.24) is 24.6 Å². The van der Waals surface area contributed by atoms with Crippen molar-refractivity contribution in [3.8, 4) is 0 Å². The van der Waals surface area contributed by atoms with Gasteiger partial charge in [-0.2, -0.15) is 5.10 Å². The summed E-state index contributed by atoms with van der Waals surface area (Å²) in [6, 6.07) is -0.366. The average Bonchev–Trinajstić information content (AvgIpc) is 2.94. The minimum absolute atomic E-state index is 0.0311. The lowest BCUT2D eigenvalue weighted by Gasteiger charge is -2.16. The molecule has 20 heavy (non-hydrogen) atoms. The molecule has 0 aliphatic heterocycles. The molecule has 2 rings (SSSR count). The van der Waals surface area contributed by atoms with Crippen molar-refractivity contribution in [3.63, 3.8) is 0 Å². The first-order chi connectivity index (χ1) is 9.51. The van der Waals surface area contributed by atoms with Gasteiger partial charge in [0, 0.05) is 13.6 Å². The quantitative estimate of drug-likeness (QED) is 0.857. The number of aryl methyl sites for hydroxylation is 2. The van der Waals surface area contributed by atoms with Gasteiger partial charge in [-0.25, -0.2) is 4.98 Å². The molecule has 0 aromatic carbocycles. The fourth-order valence-electron chi connectivity index (χ4n) is 2.36. The molecule has 2 heterocycles. The summed E-state index contributed by atoms with van der Waals surface area (Å²) in [5.74, 6) is 0.924. The number of hydrogen-bond acceptors (Lipinski definition) is 3. The number of halogens is 1. The Morgan fingerprint density at radius 2 is 2.20 bits per heavy atom. The first-order valence-corrected chi connectivity index (χ1v) is 7.28. The summed E-state index contributed by atoms with van der Waals surface area (Å²) in [4.78, 5) is 16.7. The number of alkyl halides is 1. The van der Waals surface area contributed by atoms with Crippen LogP contribution in [-0.2, 0) is 17.7 Å². The predicted molar refractivity (Wildman–Crippen MR) is 78.8 cm³/mol. The lowest BCUT2D eigenvalue weighted by molar-refractivity contribution is -0.123. The number of rotatable bonds is 5. The van der Waals surface area contributed by atoms with E-state index in [9.17, 15) is 4.79 Å². The van der Waals surface area contributed by atoms with E-state index in [1.165, 1.54) is 0 Å². The molecule has 0 aliphatic carbocycles. The Bertz CT molecular complexity index is 630. The number of nitrogens with zero attached hydrogens (tertiary/aromatic N) is 4. The number of nitrogens with one attached hydrogen (secondary N) is 1. The Hall–Kier alpha value is -1.56. The molecule has 0 fully saturated rings. The van der Waals surface area contributed by atoms with E-state index >= 15 is 0 Å². The van der Waals surface area contributed by atoms with Crippen LogP contribution >= 0.6 is 11.6 Å². The van der Waals surface area contributed by atoms with Crippen LogP contribution in [-0.4, -0.2) is 31.8 Å². The van der Waals surface area contributed by atoms with E-state index in [-0.39, 0.29) is 17.8 Å². The van der Waals surface area contributed by atoms with Crippen LogP contribution < -0.4 is 5.32 Å². The molecule has 7 heteroatoms. The minimum atomic E-state index is -0.366. The molecule has 110 valence electrons. The number of imidazole rings is 1. The second-order valence-corrected chi connectivity index (χ2v) is 5.15. The van der Waals surface area contributed by atoms with Gasteiger partial charge in [-0.15, -0.1) is 11.6 Å². The SMILES string of the molecule is CCCNC(=O)C(C)n1c(CCl)nc2c(C)nn(C)c21. The maximum atomic E-state index is 12.2. The first kappa shape index (κ1) is 14.8. The van der Waals surface area contributed by atoms with Crippen LogP contribution in [0.3, 0.4) is 0 Å². The van der Waals surface area contributed by atoms with Crippen molar-refractivity contribution in [1.29, 1.82) is 0 Å². The highest BCUT2D eigenvalue weighted by Crippen LogP contribution is 2.24. The van der Waals surface area contributed by atoms with E-state index in [4.69, 9.17) is 11.6 Å². The van der Waals surface area contributed by atoms with Gasteiger partial charge in [0.15, 0.2) is 5.65 Å². The Kier molecular flexibility index (Phi) is 4.32. The number of carbonyl (C=O) groups is 1. The molecule has 0 bridgehead atoms. The Balaban J connectivity index is 2.48. The van der Waals surface area contributed by atoms with E-state index in [2.05, 4.69) is 15.4 Å². The largest absolute Gasteiger partial charge is 0.354 e. The van der Waals surface area contributed by atoms with Gasteiger partial charge in [0.05, 0.1) is 11.6 Å². The second kappa shape index (κ2) is 5.83. The van der Waals surface area contributed by atoms with Crippen molar-refractivity contribution in [2.45, 2.75) is 39.1 Å². The van der Waals surface area contributed by atoms with Crippen molar-refractivity contribution in [2.24, 2.45) is 7.05 Å². The first-order valence-electron chi connectivity index (χ1n) is 6.75. The number of carbonyl (C=O) groups excluding carboxylic acids is 1. The Labute approximate surface area is 123 Å². The van der Waals surface area contributed by atoms with Crippen LogP contribution in [0.15, 0.2) is 0 Å². The van der Waals surface area contributed by atoms with Crippen LogP contribution in [0.5, 0.6) is 0 Å². The summed E-state index contributed by atoms with van der Waals surface area (Å²) >= 11 is 5.97. The molecule has 1 atom stereocenters. The average molecular weight is 298 g/mol. The van der Waals surface area contributed by atoms with E-state index < -0.39 is 0 Å². The summed E-state index contributed by atoms with van der Waals surface area (Å²) in [5.41, 5.74) is 2.48. The van der Waals surface area contributed by atoms with Crippen molar-refractivity contribution < 1.29 is 4.79 Å². The predicted octanol–water partition coefficient (Wildman–Crippen LogP) is 1.90. The lowest BCUT2D eigenvalue weighted by atomic mass is 10.3. The number of amides is 1. The summed E-state index contributed by atoms with van der Waals surface area (Å²) in [7, 11) is 1.85. The summed E-state index contributed by atoms with van der Waals surface area (Å²) in [6.45, 7) is 6.45. The zero-order valence-corrected chi connectivity index (χ0v) is 13.0. The molecule has 1 unspecified atom stereocenters. The van der Waals surface area contributed by atoms with Crippen LogP contribution in [0, 0.1) is 6.92 Å². The van der Waals surface area contributed by atoms with Crippen LogP contribution in [0.4, 0.5) is 0 Å². The Morgan fingerprint density at radius 1 is 1.50 bits per heavy atom. The minimum Gasteiger partial charge on any atom is -0.354 e. The highest BCUT2D eigenvalue weighted by molar-refractivity contribution is 6.16. The molecular weight excluding hydrogens is 278 g/mol. The van der Waals surface area contributed by atoms with Gasteiger partial charge in [0.1, 0.15) is 17.4 Å². The molecule has 1 amide bonds. The van der Waals surface area contributed by atoms with Gasteiger partial charge in [0.2, 0.25) is 5.91 Å². The maximum Gasteiger partial charge on any atom is 0.242 e. The van der Waals surface area contributed by atoms with Crippen molar-refractivity contribution >= 4 is 28.7 Å². The van der Waals surface area contributed by atoms with E-state index in [1.807, 2.05) is 32.4 Å². The van der Waals surface area contributed by atoms with Crippen molar-refractivity contribution in [3.05, 3.63) is 11.5 Å². The third-order valence-electron chi connectivity index (χ3n) is 3.34. The number of hydrogen-bond donors (Lipinski definition) is 1. The van der Waals surface area contributed by atoms with E-state index in [1.54, 1.807) is 4.68 Å². The van der Waals surface area contributed by atoms with Crippen molar-refractivity contribution in [2.75, 3.05) is 6.54 Å². The van der Waals surface area contributed by atoms with Crippen LogP contribution in [0.1, 0.15) is 37.8 Å². The molecule has 0 aliphatic rings. The molecule has 6 nitrogen and oxygen atoms in total. The monoisotopic (exact) mass is 297 g/mol. The smallest absolute Gasteiger partial charge is 0.242 e. The molecule has 0 spiro atoms. The van der Waals surface area contributed by atoms with Gasteiger partial charge in [-0.05, 0) is 20.3 Å². The van der Waals surface area contributed by atoms with Crippen LogP contribution in [0.2, 0.25) is 0 Å². The van der Waals surface area contributed by atoms with E-state index in [0.717, 1.165) is 23.3 Å². The Morgan fingerprint density at radius 3 is 2.80 bits per heavy atom. The van der Waals surface area contributed by atoms with E-state index in [0.29, 0.717) is 12.4 Å². The normalized spacial score (nSPS) is 12.8. The van der Waals surface area contributed by atoms with Gasteiger partial charge in [0.25, 0.3) is 0 Å². The zero-order chi connectivity index (χ0) is 14.9. The van der Waals surface area contributed by atoms with Gasteiger partial charge in [-0.3, -0.25) is 14.0 Å². The standard InChI is InChI=1S/C13H20ClN5O/c1-5-6-15-12(20)9(3)19-10(7-14)16-11-8(2)17-18(4)13(11)19/h9H,5-7H2,1-4H3,(H,15,20). The third kappa shape index (κ3) is 2.40. The molecule has 2 aromatic rings. The summed E-state index contributed by atoms with van der Waals surface area (Å²) < 4.78 is 3.62. The highest BCUT2D eigenvalue weighted by Gasteiger charge is 2.24. The molecule has 0 saturated carbocycles. The number of fused-ring (bicyclic) bond motifs is 1. The topological polar surface area (TPSA) is 64.7 Å². The zero-order valence-electron chi connectivity index (χ0n) is 12.3. The van der Waals surface area contributed by atoms with Crippen LogP contribution in [0.25, 0.3) is 11.2 Å². The van der Waals surface area contributed by atoms with Gasteiger partial charge in [-0.1, -0.05) is 6.92 Å². The number of aromatic nitrogens is 4. The fraction of sp³-hybridized carbons (Fsp3) is 0.615. The highest BCUT2D eigenvalue weighted by atomic mass is 35.5. The van der Waals surface area contributed by atoms with Gasteiger partial charge < -0.3 is 5.32 Å². The summed E-state index contributed by atoms with van der Waals surface area (Å²) in [5, 5.41) is 7.25. The molecule has 1 N–H and O–H groups in total. The summed E-state index contributed by atoms with van der Waals surface area (Å²) in [6.07, 6.45) is 0.908. The molecular formula is C13H20ClN5O. The molecule has 0 radical (unpaired) electrons. The second-order valence-electron chi connectivity index (χ2n) is 4.88. The van der Waals surface area contributed by atoms with Gasteiger partial charge >= 0.3 is 0 Å². The molecule has 0 saturated heterocycles.